The summed E-state index contributed by atoms with van der Waals surface area (Å²) in [6.45, 7) is 5.60. The first-order chi connectivity index (χ1) is 4.46. The van der Waals surface area contributed by atoms with Crippen LogP contribution in [0.1, 0.15) is 20.8 Å². The van der Waals surface area contributed by atoms with Crippen LogP contribution < -0.4 is 22.1 Å². The molecule has 0 bridgehead atoms. The van der Waals surface area contributed by atoms with Gasteiger partial charge >= 0.3 is 0 Å². The molecule has 3 atom stereocenters. The van der Waals surface area contributed by atoms with Crippen LogP contribution in [-0.2, 0) is 0 Å². The van der Waals surface area contributed by atoms with E-state index in [2.05, 4.69) is 0 Å². The molecule has 0 aliphatic rings. The van der Waals surface area contributed by atoms with Crippen molar-refractivity contribution in [3.63, 3.8) is 0 Å². The monoisotopic (exact) mass is 146 g/mol. The molecule has 0 aromatic carbocycles. The first-order valence-corrected chi connectivity index (χ1v) is 3.51. The predicted octanol–water partition coefficient (Wildman–Crippen LogP) is -0.959. The zero-order chi connectivity index (χ0) is 8.31. The predicted molar refractivity (Wildman–Crippen MR) is 43.1 cm³/mol. The summed E-state index contributed by atoms with van der Waals surface area (Å²) in [6.07, 6.45) is -0.250. The smallest absolute Gasteiger partial charge is 0.183 e. The number of nitrogens with two attached hydrogens (primary N) is 3. The van der Waals surface area contributed by atoms with Gasteiger partial charge in [-0.3, -0.25) is 17.2 Å². The maximum absolute atomic E-state index is 5.60. The lowest BCUT2D eigenvalue weighted by molar-refractivity contribution is 0.229. The Hall–Kier alpha value is -0.160. The van der Waals surface area contributed by atoms with Crippen LogP contribution in [0.25, 0.3) is 0 Å². The summed E-state index contributed by atoms with van der Waals surface area (Å²) in [7, 11) is 0. The van der Waals surface area contributed by atoms with Gasteiger partial charge in [0.05, 0.1) is 0 Å². The molecule has 61 valence electrons. The van der Waals surface area contributed by atoms with Crippen LogP contribution in [0, 0.1) is 0 Å². The standard InChI is InChI=1S/C6H18N4/c1-4(7)10(5(2)8)6(3)9/h4-6H,7-9H2,1-3H3/q+1. The molecule has 0 amide bonds. The summed E-state index contributed by atoms with van der Waals surface area (Å²) in [5.74, 6) is 0. The van der Waals surface area contributed by atoms with Crippen molar-refractivity contribution in [1.82, 2.24) is 4.90 Å². The highest BCUT2D eigenvalue weighted by atomic mass is 15.3. The number of nitrogens with zero attached hydrogens (tertiary/aromatic N) is 1. The molecule has 0 saturated carbocycles. The van der Waals surface area contributed by atoms with Crippen molar-refractivity contribution in [3.8, 4) is 0 Å². The lowest BCUT2D eigenvalue weighted by atomic mass is 10.3. The van der Waals surface area contributed by atoms with E-state index >= 15 is 0 Å². The topological polar surface area (TPSA) is 84.0 Å². The molecule has 0 rings (SSSR count). The average Bonchev–Trinajstić information content (AvgIpc) is 1.59. The molecule has 0 aromatic rings. The van der Waals surface area contributed by atoms with Crippen molar-refractivity contribution < 1.29 is 0 Å². The fourth-order valence-corrected chi connectivity index (χ4v) is 1.11. The van der Waals surface area contributed by atoms with Gasteiger partial charge in [0.15, 0.2) is 18.5 Å². The minimum Gasteiger partial charge on any atom is -0.278 e. The Morgan fingerprint density at radius 3 is 1.00 bits per heavy atom. The van der Waals surface area contributed by atoms with Gasteiger partial charge in [-0.15, -0.1) is 4.90 Å². The summed E-state index contributed by atoms with van der Waals surface area (Å²) in [4.78, 5) is 1.83. The minimum atomic E-state index is -0.0833. The molecule has 6 N–H and O–H groups in total. The van der Waals surface area contributed by atoms with E-state index < -0.39 is 0 Å². The zero-order valence-corrected chi connectivity index (χ0v) is 6.91. The molecule has 4 nitrogen and oxygen atoms in total. The Bertz CT molecular complexity index is 70.7. The highest BCUT2D eigenvalue weighted by molar-refractivity contribution is 4.74. The quantitative estimate of drug-likeness (QED) is 0.354. The summed E-state index contributed by atoms with van der Waals surface area (Å²) < 4.78 is 0. The van der Waals surface area contributed by atoms with Crippen LogP contribution in [0.2, 0.25) is 0 Å². The number of hydrogen-bond acceptors (Lipinski definition) is 4. The first-order valence-electron chi connectivity index (χ1n) is 3.51. The highest BCUT2D eigenvalue weighted by Crippen LogP contribution is 1.94. The third-order valence-corrected chi connectivity index (χ3v) is 1.41. The van der Waals surface area contributed by atoms with E-state index in [-0.39, 0.29) is 18.5 Å². The van der Waals surface area contributed by atoms with Crippen molar-refractivity contribution >= 4 is 0 Å². The van der Waals surface area contributed by atoms with Gasteiger partial charge in [-0.1, -0.05) is 0 Å². The van der Waals surface area contributed by atoms with Gasteiger partial charge in [0.2, 0.25) is 0 Å². The second-order valence-electron chi connectivity index (χ2n) is 2.67. The molecule has 0 saturated heterocycles. The largest absolute Gasteiger partial charge is 0.278 e. The second kappa shape index (κ2) is 3.88. The molecule has 3 unspecified atom stereocenters. The van der Waals surface area contributed by atoms with Crippen molar-refractivity contribution in [1.29, 1.82) is 0 Å². The van der Waals surface area contributed by atoms with Gasteiger partial charge in [-0.05, 0) is 0 Å². The minimum absolute atomic E-state index is 0.0833. The molecule has 10 heavy (non-hydrogen) atoms. The molecule has 1 radical (unpaired) electrons. The Balaban J connectivity index is 3.98. The average molecular weight is 146 g/mol. The molecule has 0 aromatic heterocycles. The van der Waals surface area contributed by atoms with Gasteiger partial charge in [-0.2, -0.15) is 0 Å². The molecule has 4 heteroatoms. The molecule has 0 aliphatic carbocycles. The summed E-state index contributed by atoms with van der Waals surface area (Å²) >= 11 is 0. The van der Waals surface area contributed by atoms with Crippen molar-refractivity contribution in [2.75, 3.05) is 0 Å². The van der Waals surface area contributed by atoms with E-state index in [9.17, 15) is 0 Å². The van der Waals surface area contributed by atoms with Crippen LogP contribution in [0.15, 0.2) is 0 Å². The third kappa shape index (κ3) is 2.62. The van der Waals surface area contributed by atoms with E-state index in [0.717, 1.165) is 0 Å². The Morgan fingerprint density at radius 2 is 1.00 bits per heavy atom. The van der Waals surface area contributed by atoms with Crippen LogP contribution in [0.3, 0.4) is 0 Å². The van der Waals surface area contributed by atoms with Crippen molar-refractivity contribution in [2.24, 2.45) is 17.2 Å². The zero-order valence-electron chi connectivity index (χ0n) is 6.91. The molecular formula is C6H18N4+. The van der Waals surface area contributed by atoms with E-state index in [1.165, 1.54) is 0 Å². The van der Waals surface area contributed by atoms with Crippen LogP contribution in [0.4, 0.5) is 0 Å². The lowest BCUT2D eigenvalue weighted by Gasteiger charge is -2.21. The first kappa shape index (κ1) is 9.84. The molecule has 0 spiro atoms. The van der Waals surface area contributed by atoms with Crippen LogP contribution >= 0.6 is 0 Å². The van der Waals surface area contributed by atoms with E-state index in [0.29, 0.717) is 0 Å². The van der Waals surface area contributed by atoms with E-state index in [1.807, 2.05) is 25.7 Å². The fraction of sp³-hybridized carbons (Fsp3) is 1.00. The molecule has 0 fully saturated rings. The van der Waals surface area contributed by atoms with E-state index in [4.69, 9.17) is 17.2 Å². The molecule has 0 aliphatic heterocycles. The van der Waals surface area contributed by atoms with Gasteiger partial charge in [-0.25, -0.2) is 0 Å². The molecular weight excluding hydrogens is 128 g/mol. The molecule has 0 heterocycles. The van der Waals surface area contributed by atoms with Gasteiger partial charge in [0.1, 0.15) is 0 Å². The van der Waals surface area contributed by atoms with Gasteiger partial charge in [0, 0.05) is 20.8 Å². The van der Waals surface area contributed by atoms with Crippen molar-refractivity contribution in [2.45, 2.75) is 39.3 Å². The van der Waals surface area contributed by atoms with Gasteiger partial charge < -0.3 is 0 Å². The van der Waals surface area contributed by atoms with Gasteiger partial charge in [0.25, 0.3) is 0 Å². The SMILES string of the molecule is CC(N)[N+](C(C)N)C(C)N. The Labute approximate surface area is 62.3 Å². The maximum Gasteiger partial charge on any atom is 0.183 e. The maximum atomic E-state index is 5.60. The van der Waals surface area contributed by atoms with Crippen molar-refractivity contribution in [3.05, 3.63) is 0 Å². The summed E-state index contributed by atoms with van der Waals surface area (Å²) in [5.41, 5.74) is 16.8. The lowest BCUT2D eigenvalue weighted by Crippen LogP contribution is -2.61. The third-order valence-electron chi connectivity index (χ3n) is 1.41. The number of rotatable bonds is 3. The fourth-order valence-electron chi connectivity index (χ4n) is 1.11. The normalized spacial score (nSPS) is 20.7. The summed E-state index contributed by atoms with van der Waals surface area (Å²) in [6, 6.07) is 0. The Kier molecular flexibility index (Phi) is 3.81. The van der Waals surface area contributed by atoms with Crippen LogP contribution in [0.5, 0.6) is 0 Å². The number of hydrogen-bond donors (Lipinski definition) is 3. The highest BCUT2D eigenvalue weighted by Gasteiger charge is 2.28. The summed E-state index contributed by atoms with van der Waals surface area (Å²) in [5, 5.41) is 0. The van der Waals surface area contributed by atoms with Crippen LogP contribution in [-0.4, -0.2) is 18.5 Å². The second-order valence-corrected chi connectivity index (χ2v) is 2.67. The van der Waals surface area contributed by atoms with E-state index in [1.54, 1.807) is 0 Å². The Morgan fingerprint density at radius 1 is 0.800 bits per heavy atom.